The normalized spacial score (nSPS) is 26.3. The highest BCUT2D eigenvalue weighted by atomic mass is 79.9. The van der Waals surface area contributed by atoms with Crippen LogP contribution in [-0.2, 0) is 0 Å². The Bertz CT molecular complexity index is 509. The van der Waals surface area contributed by atoms with Crippen molar-refractivity contribution in [3.05, 3.63) is 33.3 Å². The molecule has 1 fully saturated rings. The van der Waals surface area contributed by atoms with Gasteiger partial charge in [0.05, 0.1) is 11.2 Å². The molecule has 20 heavy (non-hydrogen) atoms. The van der Waals surface area contributed by atoms with E-state index in [0.717, 1.165) is 25.7 Å². The predicted molar refractivity (Wildman–Crippen MR) is 84.1 cm³/mol. The molecule has 110 valence electrons. The van der Waals surface area contributed by atoms with Crippen molar-refractivity contribution in [3.8, 4) is 0 Å². The van der Waals surface area contributed by atoms with E-state index in [4.69, 9.17) is 11.6 Å². The largest absolute Gasteiger partial charge is 0.388 e. The van der Waals surface area contributed by atoms with Gasteiger partial charge in [-0.25, -0.2) is 0 Å². The van der Waals surface area contributed by atoms with Gasteiger partial charge in [-0.15, -0.1) is 0 Å². The minimum atomic E-state index is -0.772. The van der Waals surface area contributed by atoms with E-state index in [2.05, 4.69) is 28.2 Å². The molecule has 2 N–H and O–H groups in total. The molecule has 0 aromatic heterocycles. The zero-order chi connectivity index (χ0) is 14.8. The average Bonchev–Trinajstić information content (AvgIpc) is 2.36. The summed E-state index contributed by atoms with van der Waals surface area (Å²) in [6.07, 6.45) is 3.66. The number of nitrogens with one attached hydrogen (secondary N) is 1. The van der Waals surface area contributed by atoms with Crippen LogP contribution >= 0.6 is 27.5 Å². The number of carbonyl (C=O) groups excluding carboxylic acids is 1. The van der Waals surface area contributed by atoms with Crippen molar-refractivity contribution >= 4 is 33.4 Å². The summed E-state index contributed by atoms with van der Waals surface area (Å²) in [6, 6.07) is 5.04. The fraction of sp³-hybridized carbons (Fsp3) is 0.533. The number of amides is 1. The Hall–Kier alpha value is -0.580. The number of hydrogen-bond donors (Lipinski definition) is 2. The first-order valence-corrected chi connectivity index (χ1v) is 8.02. The molecule has 1 saturated carbocycles. The van der Waals surface area contributed by atoms with Gasteiger partial charge in [0.2, 0.25) is 0 Å². The lowest BCUT2D eigenvalue weighted by atomic mass is 9.79. The molecule has 1 aliphatic carbocycles. The molecule has 0 heterocycles. The Labute approximate surface area is 132 Å². The molecule has 3 nitrogen and oxygen atoms in total. The summed E-state index contributed by atoms with van der Waals surface area (Å²) in [7, 11) is 0. The predicted octanol–water partition coefficient (Wildman–Crippen LogP) is 3.77. The third kappa shape index (κ3) is 3.96. The number of halogens is 2. The van der Waals surface area contributed by atoms with E-state index in [1.807, 2.05) is 0 Å². The van der Waals surface area contributed by atoms with Gasteiger partial charge in [0.25, 0.3) is 5.91 Å². The molecule has 0 bridgehead atoms. The second-order valence-corrected chi connectivity index (χ2v) is 7.02. The zero-order valence-corrected chi connectivity index (χ0v) is 13.8. The number of hydrogen-bond acceptors (Lipinski definition) is 2. The number of carbonyl (C=O) groups is 1. The van der Waals surface area contributed by atoms with E-state index in [-0.39, 0.29) is 5.91 Å². The van der Waals surface area contributed by atoms with Gasteiger partial charge in [0.1, 0.15) is 0 Å². The minimum absolute atomic E-state index is 0.194. The van der Waals surface area contributed by atoms with E-state index in [1.165, 1.54) is 0 Å². The number of benzene rings is 1. The molecule has 2 rings (SSSR count). The third-order valence-electron chi connectivity index (χ3n) is 3.82. The molecule has 1 amide bonds. The van der Waals surface area contributed by atoms with Crippen molar-refractivity contribution in [2.45, 2.75) is 38.2 Å². The van der Waals surface area contributed by atoms with Crippen molar-refractivity contribution < 1.29 is 9.90 Å². The summed E-state index contributed by atoms with van der Waals surface area (Å²) >= 11 is 9.19. The first-order valence-electron chi connectivity index (χ1n) is 6.85. The quantitative estimate of drug-likeness (QED) is 0.862. The fourth-order valence-corrected chi connectivity index (χ4v) is 3.67. The molecule has 1 aromatic rings. The van der Waals surface area contributed by atoms with Crippen molar-refractivity contribution in [1.29, 1.82) is 0 Å². The van der Waals surface area contributed by atoms with Crippen LogP contribution in [0, 0.1) is 5.92 Å². The minimum Gasteiger partial charge on any atom is -0.388 e. The van der Waals surface area contributed by atoms with E-state index in [9.17, 15) is 9.90 Å². The maximum Gasteiger partial charge on any atom is 0.252 e. The van der Waals surface area contributed by atoms with Gasteiger partial charge < -0.3 is 10.4 Å². The molecule has 1 aliphatic rings. The summed E-state index contributed by atoms with van der Waals surface area (Å²) in [5.41, 5.74) is -0.242. The van der Waals surface area contributed by atoms with E-state index in [1.54, 1.807) is 18.2 Å². The second-order valence-electron chi connectivity index (χ2n) is 5.73. The molecule has 5 heteroatoms. The van der Waals surface area contributed by atoms with Gasteiger partial charge in [-0.2, -0.15) is 0 Å². The molecular formula is C15H19BrClNO2. The average molecular weight is 361 g/mol. The van der Waals surface area contributed by atoms with E-state index < -0.39 is 5.60 Å². The highest BCUT2D eigenvalue weighted by molar-refractivity contribution is 9.10. The fourth-order valence-electron chi connectivity index (χ4n) is 2.81. The van der Waals surface area contributed by atoms with Crippen LogP contribution < -0.4 is 5.32 Å². The second kappa shape index (κ2) is 6.46. The van der Waals surface area contributed by atoms with Crippen LogP contribution in [0.15, 0.2) is 22.7 Å². The maximum absolute atomic E-state index is 12.1. The monoisotopic (exact) mass is 359 g/mol. The molecular weight excluding hydrogens is 342 g/mol. The number of aliphatic hydroxyl groups is 1. The summed E-state index contributed by atoms with van der Waals surface area (Å²) in [5, 5.41) is 13.9. The van der Waals surface area contributed by atoms with Crippen LogP contribution in [0.4, 0.5) is 0 Å². The SMILES string of the molecule is CC1CCCC(O)(CNC(=O)c2ccc(Cl)cc2Br)C1. The summed E-state index contributed by atoms with van der Waals surface area (Å²) < 4.78 is 0.659. The zero-order valence-electron chi connectivity index (χ0n) is 11.5. The molecule has 2 atom stereocenters. The Morgan fingerprint density at radius 3 is 3.00 bits per heavy atom. The van der Waals surface area contributed by atoms with Crippen LogP contribution in [0.5, 0.6) is 0 Å². The van der Waals surface area contributed by atoms with Gasteiger partial charge in [0, 0.05) is 16.0 Å². The van der Waals surface area contributed by atoms with Crippen molar-refractivity contribution in [2.75, 3.05) is 6.54 Å². The van der Waals surface area contributed by atoms with Crippen molar-refractivity contribution in [2.24, 2.45) is 5.92 Å². The summed E-state index contributed by atoms with van der Waals surface area (Å²) in [5.74, 6) is 0.313. The van der Waals surface area contributed by atoms with Crippen LogP contribution in [0.3, 0.4) is 0 Å². The van der Waals surface area contributed by atoms with Crippen molar-refractivity contribution in [3.63, 3.8) is 0 Å². The summed E-state index contributed by atoms with van der Waals surface area (Å²) in [4.78, 5) is 12.1. The molecule has 0 radical (unpaired) electrons. The van der Waals surface area contributed by atoms with Gasteiger partial charge in [-0.3, -0.25) is 4.79 Å². The summed E-state index contributed by atoms with van der Waals surface area (Å²) in [6.45, 7) is 2.44. The van der Waals surface area contributed by atoms with Crippen LogP contribution in [0.25, 0.3) is 0 Å². The highest BCUT2D eigenvalue weighted by Gasteiger charge is 2.33. The highest BCUT2D eigenvalue weighted by Crippen LogP contribution is 2.31. The Balaban J connectivity index is 1.98. The topological polar surface area (TPSA) is 49.3 Å². The maximum atomic E-state index is 12.1. The third-order valence-corrected chi connectivity index (χ3v) is 4.71. The smallest absolute Gasteiger partial charge is 0.252 e. The lowest BCUT2D eigenvalue weighted by molar-refractivity contribution is -0.0109. The van der Waals surface area contributed by atoms with Gasteiger partial charge in [-0.05, 0) is 52.9 Å². The van der Waals surface area contributed by atoms with E-state index in [0.29, 0.717) is 27.5 Å². The van der Waals surface area contributed by atoms with Crippen LogP contribution in [-0.4, -0.2) is 23.2 Å². The van der Waals surface area contributed by atoms with Crippen molar-refractivity contribution in [1.82, 2.24) is 5.32 Å². The molecule has 0 spiro atoms. The number of rotatable bonds is 3. The standard InChI is InChI=1S/C15H19BrClNO2/c1-10-3-2-6-15(20,8-10)9-18-14(19)12-5-4-11(17)7-13(12)16/h4-5,7,10,20H,2-3,6,8-9H2,1H3,(H,18,19). The first-order chi connectivity index (χ1) is 9.39. The van der Waals surface area contributed by atoms with Gasteiger partial charge in [-0.1, -0.05) is 31.4 Å². The Morgan fingerprint density at radius 1 is 1.60 bits per heavy atom. The Morgan fingerprint density at radius 2 is 2.35 bits per heavy atom. The van der Waals surface area contributed by atoms with Crippen LogP contribution in [0.2, 0.25) is 5.02 Å². The lowest BCUT2D eigenvalue weighted by Gasteiger charge is -2.35. The first kappa shape index (κ1) is 15.8. The molecule has 0 saturated heterocycles. The van der Waals surface area contributed by atoms with Gasteiger partial charge >= 0.3 is 0 Å². The lowest BCUT2D eigenvalue weighted by Crippen LogP contribution is -2.45. The van der Waals surface area contributed by atoms with E-state index >= 15 is 0 Å². The molecule has 0 aliphatic heterocycles. The molecule has 1 aromatic carbocycles. The molecule has 2 unspecified atom stereocenters. The Kier molecular flexibility index (Phi) is 5.10. The van der Waals surface area contributed by atoms with Gasteiger partial charge in [0.15, 0.2) is 0 Å². The van der Waals surface area contributed by atoms with Crippen LogP contribution in [0.1, 0.15) is 43.0 Å².